The molecule has 0 aliphatic heterocycles. The number of rotatable bonds is 4. The van der Waals surface area contributed by atoms with Gasteiger partial charge < -0.3 is 9.84 Å². The van der Waals surface area contributed by atoms with Crippen molar-refractivity contribution in [2.24, 2.45) is 23.7 Å². The molecule has 0 spiro atoms. The van der Waals surface area contributed by atoms with Crippen LogP contribution in [-0.4, -0.2) is 16.7 Å². The van der Waals surface area contributed by atoms with Crippen molar-refractivity contribution in [3.8, 4) is 5.75 Å². The van der Waals surface area contributed by atoms with Crippen LogP contribution in [0.25, 0.3) is 0 Å². The van der Waals surface area contributed by atoms with E-state index in [2.05, 4.69) is 11.9 Å². The molecule has 0 amide bonds. The third kappa shape index (κ3) is 2.01. The minimum Gasteiger partial charge on any atom is -0.492 e. The number of fused-ring (bicyclic) bond motifs is 5. The quantitative estimate of drug-likeness (QED) is 0.921. The van der Waals surface area contributed by atoms with Gasteiger partial charge in [-0.1, -0.05) is 13.3 Å². The Kier molecular flexibility index (Phi) is 3.21. The highest BCUT2D eigenvalue weighted by Gasteiger charge is 2.60. The zero-order valence-corrected chi connectivity index (χ0v) is 12.8. The van der Waals surface area contributed by atoms with Gasteiger partial charge in [-0.15, -0.1) is 0 Å². The van der Waals surface area contributed by atoms with Gasteiger partial charge in [0.1, 0.15) is 5.75 Å². The van der Waals surface area contributed by atoms with Crippen molar-refractivity contribution in [3.05, 3.63) is 24.0 Å². The van der Waals surface area contributed by atoms with Gasteiger partial charge in [0.2, 0.25) is 0 Å². The van der Waals surface area contributed by atoms with Gasteiger partial charge in [0.05, 0.1) is 18.4 Å². The maximum absolute atomic E-state index is 11.4. The molecule has 0 radical (unpaired) electrons. The lowest BCUT2D eigenvalue weighted by Crippen LogP contribution is -2.39. The highest BCUT2D eigenvalue weighted by molar-refractivity contribution is 5.31. The molecule has 3 nitrogen and oxygen atoms in total. The van der Waals surface area contributed by atoms with E-state index in [0.29, 0.717) is 12.5 Å². The Balaban J connectivity index is 1.61. The molecule has 5 atom stereocenters. The fourth-order valence-electron chi connectivity index (χ4n) is 5.40. The molecule has 1 aromatic rings. The van der Waals surface area contributed by atoms with Crippen molar-refractivity contribution in [2.45, 2.75) is 51.0 Å². The van der Waals surface area contributed by atoms with Crippen molar-refractivity contribution in [1.82, 2.24) is 4.98 Å². The minimum absolute atomic E-state index is 0.443. The Hall–Kier alpha value is -1.09. The van der Waals surface area contributed by atoms with Gasteiger partial charge in [-0.3, -0.25) is 4.98 Å². The molecule has 2 bridgehead atoms. The first-order valence-electron chi connectivity index (χ1n) is 8.53. The second-order valence-electron chi connectivity index (χ2n) is 7.25. The van der Waals surface area contributed by atoms with Crippen LogP contribution in [0, 0.1) is 23.7 Å². The van der Waals surface area contributed by atoms with Gasteiger partial charge >= 0.3 is 0 Å². The van der Waals surface area contributed by atoms with E-state index in [1.165, 1.54) is 25.7 Å². The zero-order valence-electron chi connectivity index (χ0n) is 12.8. The molecule has 3 aliphatic rings. The number of hydrogen-bond acceptors (Lipinski definition) is 3. The van der Waals surface area contributed by atoms with E-state index >= 15 is 0 Å². The summed E-state index contributed by atoms with van der Waals surface area (Å²) < 4.78 is 5.69. The summed E-state index contributed by atoms with van der Waals surface area (Å²) in [5.41, 5.74) is 0.323. The number of hydrogen-bond donors (Lipinski definition) is 1. The Labute approximate surface area is 126 Å². The Morgan fingerprint density at radius 3 is 3.05 bits per heavy atom. The second kappa shape index (κ2) is 4.98. The SMILES string of the molecule is CCCOc1cncc(C2(O)CC3CC2C2CCCC32)c1. The van der Waals surface area contributed by atoms with Crippen LogP contribution in [0.3, 0.4) is 0 Å². The van der Waals surface area contributed by atoms with Crippen LogP contribution in [-0.2, 0) is 5.60 Å². The molecule has 0 aromatic carbocycles. The summed E-state index contributed by atoms with van der Waals surface area (Å²) in [5, 5.41) is 11.4. The first-order chi connectivity index (χ1) is 10.2. The van der Waals surface area contributed by atoms with E-state index in [0.717, 1.165) is 41.9 Å². The van der Waals surface area contributed by atoms with E-state index in [-0.39, 0.29) is 0 Å². The summed E-state index contributed by atoms with van der Waals surface area (Å²) >= 11 is 0. The van der Waals surface area contributed by atoms with Gasteiger partial charge in [-0.05, 0) is 61.8 Å². The number of ether oxygens (including phenoxy) is 1. The summed E-state index contributed by atoms with van der Waals surface area (Å²) in [6.45, 7) is 2.81. The molecule has 21 heavy (non-hydrogen) atoms. The van der Waals surface area contributed by atoms with Gasteiger partial charge in [0.15, 0.2) is 0 Å². The van der Waals surface area contributed by atoms with Crippen molar-refractivity contribution in [2.75, 3.05) is 6.61 Å². The van der Waals surface area contributed by atoms with Gasteiger partial charge in [0, 0.05) is 11.8 Å². The van der Waals surface area contributed by atoms with Crippen LogP contribution in [0.2, 0.25) is 0 Å². The van der Waals surface area contributed by atoms with Crippen molar-refractivity contribution in [1.29, 1.82) is 0 Å². The number of aromatic nitrogens is 1. The number of nitrogens with zero attached hydrogens (tertiary/aromatic N) is 1. The topological polar surface area (TPSA) is 42.4 Å². The van der Waals surface area contributed by atoms with E-state index in [1.54, 1.807) is 6.20 Å². The lowest BCUT2D eigenvalue weighted by molar-refractivity contribution is -0.0516. The van der Waals surface area contributed by atoms with E-state index in [4.69, 9.17) is 4.74 Å². The van der Waals surface area contributed by atoms with Crippen LogP contribution in [0.15, 0.2) is 18.5 Å². The van der Waals surface area contributed by atoms with Crippen molar-refractivity contribution < 1.29 is 9.84 Å². The summed E-state index contributed by atoms with van der Waals surface area (Å²) in [7, 11) is 0. The molecule has 3 fully saturated rings. The third-order valence-electron chi connectivity index (χ3n) is 6.18. The van der Waals surface area contributed by atoms with Crippen molar-refractivity contribution in [3.63, 3.8) is 0 Å². The standard InChI is InChI=1S/C18H25NO2/c1-2-6-21-14-8-13(10-19-11-14)18(20)9-12-7-17(18)16-5-3-4-15(12)16/h8,10-12,15-17,20H,2-7,9H2,1H3. The fraction of sp³-hybridized carbons (Fsp3) is 0.722. The number of aliphatic hydroxyl groups is 1. The first-order valence-corrected chi connectivity index (χ1v) is 8.53. The Bertz CT molecular complexity index is 532. The van der Waals surface area contributed by atoms with Gasteiger partial charge in [0.25, 0.3) is 0 Å². The lowest BCUT2D eigenvalue weighted by atomic mass is 9.70. The van der Waals surface area contributed by atoms with Crippen LogP contribution >= 0.6 is 0 Å². The molecule has 114 valence electrons. The molecule has 3 aliphatic carbocycles. The molecule has 3 heteroatoms. The molecule has 4 rings (SSSR count). The first kappa shape index (κ1) is 13.6. The second-order valence-corrected chi connectivity index (χ2v) is 7.25. The van der Waals surface area contributed by atoms with Crippen LogP contribution < -0.4 is 4.74 Å². The van der Waals surface area contributed by atoms with Crippen LogP contribution in [0.5, 0.6) is 5.75 Å². The molecule has 0 saturated heterocycles. The van der Waals surface area contributed by atoms with E-state index in [9.17, 15) is 5.11 Å². The van der Waals surface area contributed by atoms with Gasteiger partial charge in [-0.2, -0.15) is 0 Å². The summed E-state index contributed by atoms with van der Waals surface area (Å²) in [6.07, 6.45) is 10.8. The summed E-state index contributed by atoms with van der Waals surface area (Å²) in [6, 6.07) is 2.02. The van der Waals surface area contributed by atoms with E-state index in [1.807, 2.05) is 12.3 Å². The largest absolute Gasteiger partial charge is 0.492 e. The van der Waals surface area contributed by atoms with E-state index < -0.39 is 5.60 Å². The normalized spacial score (nSPS) is 40.5. The molecular weight excluding hydrogens is 262 g/mol. The Morgan fingerprint density at radius 1 is 1.33 bits per heavy atom. The van der Waals surface area contributed by atoms with Crippen molar-refractivity contribution >= 4 is 0 Å². The molecule has 3 saturated carbocycles. The van der Waals surface area contributed by atoms with Gasteiger partial charge in [-0.25, -0.2) is 0 Å². The fourth-order valence-corrected chi connectivity index (χ4v) is 5.40. The molecular formula is C18H25NO2. The van der Waals surface area contributed by atoms with Crippen LogP contribution in [0.1, 0.15) is 51.0 Å². The lowest BCUT2D eigenvalue weighted by Gasteiger charge is -2.39. The summed E-state index contributed by atoms with van der Waals surface area (Å²) in [4.78, 5) is 4.31. The zero-order chi connectivity index (χ0) is 14.4. The predicted molar refractivity (Wildman–Crippen MR) is 81.0 cm³/mol. The average molecular weight is 287 g/mol. The molecule has 5 unspecified atom stereocenters. The average Bonchev–Trinajstić information content (AvgIpc) is 3.17. The summed E-state index contributed by atoms with van der Waals surface area (Å²) in [5.74, 6) is 3.61. The maximum atomic E-state index is 11.4. The minimum atomic E-state index is -0.658. The molecule has 1 heterocycles. The highest BCUT2D eigenvalue weighted by Crippen LogP contribution is 2.65. The molecule has 1 aromatic heterocycles. The smallest absolute Gasteiger partial charge is 0.137 e. The van der Waals surface area contributed by atoms with Crippen LogP contribution in [0.4, 0.5) is 0 Å². The Morgan fingerprint density at radius 2 is 2.19 bits per heavy atom. The predicted octanol–water partition coefficient (Wildman–Crippen LogP) is 3.51. The highest BCUT2D eigenvalue weighted by atomic mass is 16.5. The molecule has 1 N–H and O–H groups in total. The number of pyridine rings is 1. The third-order valence-corrected chi connectivity index (χ3v) is 6.18. The monoisotopic (exact) mass is 287 g/mol. The maximum Gasteiger partial charge on any atom is 0.137 e.